The maximum atomic E-state index is 10.8. The van der Waals surface area contributed by atoms with E-state index in [4.69, 9.17) is 4.74 Å². The van der Waals surface area contributed by atoms with E-state index in [0.717, 1.165) is 30.5 Å². The van der Waals surface area contributed by atoms with Crippen molar-refractivity contribution in [1.29, 1.82) is 0 Å². The molecule has 0 saturated heterocycles. The van der Waals surface area contributed by atoms with Crippen LogP contribution in [0.3, 0.4) is 0 Å². The van der Waals surface area contributed by atoms with Gasteiger partial charge in [0.15, 0.2) is 0 Å². The summed E-state index contributed by atoms with van der Waals surface area (Å²) in [4.78, 5) is 13.1. The average molecular weight is 249 g/mol. The third-order valence-corrected chi connectivity index (χ3v) is 2.85. The molecule has 18 heavy (non-hydrogen) atoms. The Kier molecular flexibility index (Phi) is 5.86. The first-order valence-electron chi connectivity index (χ1n) is 6.38. The van der Waals surface area contributed by atoms with Crippen LogP contribution < -0.4 is 4.90 Å². The first kappa shape index (κ1) is 14.7. The highest BCUT2D eigenvalue weighted by molar-refractivity contribution is 5.77. The lowest BCUT2D eigenvalue weighted by Crippen LogP contribution is -2.31. The monoisotopic (exact) mass is 249 g/mol. The summed E-state index contributed by atoms with van der Waals surface area (Å²) < 4.78 is 5.16. The Morgan fingerprint density at radius 3 is 2.61 bits per heavy atom. The van der Waals surface area contributed by atoms with Gasteiger partial charge >= 0.3 is 0 Å². The summed E-state index contributed by atoms with van der Waals surface area (Å²) >= 11 is 0. The van der Waals surface area contributed by atoms with Gasteiger partial charge in [0.05, 0.1) is 6.61 Å². The summed E-state index contributed by atoms with van der Waals surface area (Å²) in [5, 5.41) is 0. The second-order valence-corrected chi connectivity index (χ2v) is 5.00. The van der Waals surface area contributed by atoms with Crippen LogP contribution in [-0.4, -0.2) is 33.1 Å². The zero-order valence-corrected chi connectivity index (χ0v) is 11.8. The summed E-state index contributed by atoms with van der Waals surface area (Å²) in [6.07, 6.45) is 0.888. The molecule has 0 aliphatic carbocycles. The molecule has 0 heterocycles. The highest BCUT2D eigenvalue weighted by Crippen LogP contribution is 2.21. The third-order valence-electron chi connectivity index (χ3n) is 2.85. The van der Waals surface area contributed by atoms with Crippen molar-refractivity contribution in [3.63, 3.8) is 0 Å². The molecule has 1 aromatic carbocycles. The second kappa shape index (κ2) is 7.17. The minimum atomic E-state index is 0.590. The molecule has 0 atom stereocenters. The van der Waals surface area contributed by atoms with Crippen molar-refractivity contribution in [2.45, 2.75) is 20.8 Å². The zero-order chi connectivity index (χ0) is 13.5. The standard InChI is InChI=1S/C15H23NO2/c1-12(2)10-16(7-8-18-4)15-6-5-14(11-17)9-13(15)3/h5-6,9,11-12H,7-8,10H2,1-4H3. The normalized spacial score (nSPS) is 10.7. The van der Waals surface area contributed by atoms with Crippen molar-refractivity contribution >= 4 is 12.0 Å². The Hall–Kier alpha value is -1.35. The first-order chi connectivity index (χ1) is 8.58. The zero-order valence-electron chi connectivity index (χ0n) is 11.8. The lowest BCUT2D eigenvalue weighted by atomic mass is 10.1. The smallest absolute Gasteiger partial charge is 0.150 e. The molecule has 0 spiro atoms. The Labute approximate surface area is 110 Å². The number of anilines is 1. The highest BCUT2D eigenvalue weighted by Gasteiger charge is 2.11. The molecule has 0 unspecified atom stereocenters. The molecule has 0 fully saturated rings. The average Bonchev–Trinajstić information content (AvgIpc) is 2.34. The topological polar surface area (TPSA) is 29.5 Å². The lowest BCUT2D eigenvalue weighted by molar-refractivity contribution is 0.112. The molecule has 0 aromatic heterocycles. The number of rotatable bonds is 7. The second-order valence-electron chi connectivity index (χ2n) is 5.00. The fourth-order valence-electron chi connectivity index (χ4n) is 2.06. The maximum Gasteiger partial charge on any atom is 0.150 e. The minimum absolute atomic E-state index is 0.590. The van der Waals surface area contributed by atoms with Gasteiger partial charge in [0.1, 0.15) is 6.29 Å². The molecule has 0 aliphatic heterocycles. The summed E-state index contributed by atoms with van der Waals surface area (Å²) in [7, 11) is 1.72. The fraction of sp³-hybridized carbons (Fsp3) is 0.533. The van der Waals surface area contributed by atoms with Crippen LogP contribution in [0.25, 0.3) is 0 Å². The van der Waals surface area contributed by atoms with Crippen LogP contribution >= 0.6 is 0 Å². The van der Waals surface area contributed by atoms with Crippen molar-refractivity contribution < 1.29 is 9.53 Å². The summed E-state index contributed by atoms with van der Waals surface area (Å²) in [6.45, 7) is 9.02. The van der Waals surface area contributed by atoms with Gasteiger partial charge in [-0.15, -0.1) is 0 Å². The molecular weight excluding hydrogens is 226 g/mol. The molecule has 0 N–H and O–H groups in total. The van der Waals surface area contributed by atoms with E-state index in [1.807, 2.05) is 25.1 Å². The third kappa shape index (κ3) is 4.15. The van der Waals surface area contributed by atoms with Gasteiger partial charge in [-0.05, 0) is 36.6 Å². The van der Waals surface area contributed by atoms with Gasteiger partial charge in [0.2, 0.25) is 0 Å². The van der Waals surface area contributed by atoms with Crippen molar-refractivity contribution in [3.05, 3.63) is 29.3 Å². The molecule has 0 bridgehead atoms. The number of carbonyl (C=O) groups is 1. The van der Waals surface area contributed by atoms with E-state index < -0.39 is 0 Å². The van der Waals surface area contributed by atoms with E-state index in [-0.39, 0.29) is 0 Å². The van der Waals surface area contributed by atoms with Crippen LogP contribution in [-0.2, 0) is 4.74 Å². The number of hydrogen-bond donors (Lipinski definition) is 0. The predicted molar refractivity (Wildman–Crippen MR) is 75.5 cm³/mol. The number of benzene rings is 1. The first-order valence-corrected chi connectivity index (χ1v) is 6.38. The van der Waals surface area contributed by atoms with Crippen LogP contribution in [0, 0.1) is 12.8 Å². The van der Waals surface area contributed by atoms with Crippen LogP contribution in [0.5, 0.6) is 0 Å². The van der Waals surface area contributed by atoms with Crippen molar-refractivity contribution in [3.8, 4) is 0 Å². The molecule has 1 aromatic rings. The van der Waals surface area contributed by atoms with Gasteiger partial charge in [-0.3, -0.25) is 4.79 Å². The molecule has 3 nitrogen and oxygen atoms in total. The number of hydrogen-bond acceptors (Lipinski definition) is 3. The van der Waals surface area contributed by atoms with Gasteiger partial charge in [-0.1, -0.05) is 13.8 Å². The van der Waals surface area contributed by atoms with Crippen LogP contribution in [0.15, 0.2) is 18.2 Å². The molecule has 0 aliphatic rings. The van der Waals surface area contributed by atoms with Crippen LogP contribution in [0.2, 0.25) is 0 Å². The van der Waals surface area contributed by atoms with E-state index in [2.05, 4.69) is 18.7 Å². The summed E-state index contributed by atoms with van der Waals surface area (Å²) in [5.41, 5.74) is 3.05. The number of methoxy groups -OCH3 is 1. The molecule has 1 rings (SSSR count). The van der Waals surface area contributed by atoms with Gasteiger partial charge in [-0.25, -0.2) is 0 Å². The van der Waals surface area contributed by atoms with E-state index in [0.29, 0.717) is 12.5 Å². The van der Waals surface area contributed by atoms with E-state index in [9.17, 15) is 4.79 Å². The number of carbonyl (C=O) groups excluding carboxylic acids is 1. The predicted octanol–water partition coefficient (Wildman–Crippen LogP) is 2.92. The minimum Gasteiger partial charge on any atom is -0.383 e. The van der Waals surface area contributed by atoms with Gasteiger partial charge in [0.25, 0.3) is 0 Å². The van der Waals surface area contributed by atoms with Gasteiger partial charge in [0, 0.05) is 31.5 Å². The molecular formula is C15H23NO2. The maximum absolute atomic E-state index is 10.8. The Morgan fingerprint density at radius 2 is 2.11 bits per heavy atom. The Bertz CT molecular complexity index is 388. The number of ether oxygens (including phenoxy) is 1. The van der Waals surface area contributed by atoms with Crippen LogP contribution in [0.4, 0.5) is 5.69 Å². The molecule has 3 heteroatoms. The van der Waals surface area contributed by atoms with E-state index >= 15 is 0 Å². The Morgan fingerprint density at radius 1 is 1.39 bits per heavy atom. The highest BCUT2D eigenvalue weighted by atomic mass is 16.5. The molecule has 100 valence electrons. The molecule has 0 saturated carbocycles. The Balaban J connectivity index is 2.92. The fourth-order valence-corrected chi connectivity index (χ4v) is 2.06. The van der Waals surface area contributed by atoms with Crippen LogP contribution in [0.1, 0.15) is 29.8 Å². The number of aldehydes is 1. The van der Waals surface area contributed by atoms with Gasteiger partial charge < -0.3 is 9.64 Å². The van der Waals surface area contributed by atoms with E-state index in [1.165, 1.54) is 5.69 Å². The summed E-state index contributed by atoms with van der Waals surface area (Å²) in [6, 6.07) is 5.83. The summed E-state index contributed by atoms with van der Waals surface area (Å²) in [5.74, 6) is 0.590. The lowest BCUT2D eigenvalue weighted by Gasteiger charge is -2.28. The van der Waals surface area contributed by atoms with Crippen molar-refractivity contribution in [1.82, 2.24) is 0 Å². The van der Waals surface area contributed by atoms with Crippen molar-refractivity contribution in [2.24, 2.45) is 5.92 Å². The number of nitrogens with zero attached hydrogens (tertiary/aromatic N) is 1. The quantitative estimate of drug-likeness (QED) is 0.696. The SMILES string of the molecule is COCCN(CC(C)C)c1ccc(C=O)cc1C. The molecule has 0 radical (unpaired) electrons. The van der Waals surface area contributed by atoms with Gasteiger partial charge in [-0.2, -0.15) is 0 Å². The molecule has 0 amide bonds. The largest absolute Gasteiger partial charge is 0.383 e. The number of aryl methyl sites for hydroxylation is 1. The van der Waals surface area contributed by atoms with Crippen molar-refractivity contribution in [2.75, 3.05) is 31.7 Å². The van der Waals surface area contributed by atoms with E-state index in [1.54, 1.807) is 7.11 Å².